The second-order valence-electron chi connectivity index (χ2n) is 11.0. The Balaban J connectivity index is 1.40. The summed E-state index contributed by atoms with van der Waals surface area (Å²) in [5.41, 5.74) is 5.38. The summed E-state index contributed by atoms with van der Waals surface area (Å²) in [6.45, 7) is 0. The molecule has 10 aromatic rings. The SMILES string of the molecule is c1ccc2cc(-c3nc(-n4c5c6ccccc6sc5c5sc6ccccc6c54)nc4ccc5ccccc5c34)ccc2c1. The first-order chi connectivity index (χ1) is 21.3. The second kappa shape index (κ2) is 8.71. The van der Waals surface area contributed by atoms with Crippen molar-refractivity contribution in [2.24, 2.45) is 0 Å². The smallest absolute Gasteiger partial charge is 0.235 e. The summed E-state index contributed by atoms with van der Waals surface area (Å²) in [6.07, 6.45) is 0. The fraction of sp³-hybridized carbons (Fsp3) is 0. The van der Waals surface area contributed by atoms with Crippen LogP contribution in [0, 0.1) is 0 Å². The van der Waals surface area contributed by atoms with E-state index in [1.165, 1.54) is 62.2 Å². The van der Waals surface area contributed by atoms with Crippen molar-refractivity contribution in [2.75, 3.05) is 0 Å². The first kappa shape index (κ1) is 23.5. The third-order valence-corrected chi connectivity index (χ3v) is 11.1. The Hall–Kier alpha value is -5.10. The lowest BCUT2D eigenvalue weighted by atomic mass is 9.98. The Kier molecular flexibility index (Phi) is 4.75. The average molecular weight is 584 g/mol. The van der Waals surface area contributed by atoms with Crippen molar-refractivity contribution in [3.63, 3.8) is 0 Å². The molecule has 0 amide bonds. The van der Waals surface area contributed by atoms with Gasteiger partial charge in [0.1, 0.15) is 0 Å². The molecule has 0 N–H and O–H groups in total. The molecule has 4 aromatic heterocycles. The molecule has 0 fully saturated rings. The number of aromatic nitrogens is 3. The fourth-order valence-corrected chi connectivity index (χ4v) is 9.17. The molecule has 0 aliphatic carbocycles. The quantitative estimate of drug-likeness (QED) is 0.190. The predicted molar refractivity (Wildman–Crippen MR) is 185 cm³/mol. The lowest BCUT2D eigenvalue weighted by Gasteiger charge is -2.14. The van der Waals surface area contributed by atoms with Gasteiger partial charge in [0.25, 0.3) is 0 Å². The molecule has 0 saturated heterocycles. The van der Waals surface area contributed by atoms with Crippen molar-refractivity contribution in [1.29, 1.82) is 0 Å². The van der Waals surface area contributed by atoms with Gasteiger partial charge in [-0.2, -0.15) is 0 Å². The molecule has 0 radical (unpaired) electrons. The molecule has 0 bridgehead atoms. The second-order valence-corrected chi connectivity index (χ2v) is 13.1. The highest BCUT2D eigenvalue weighted by Crippen LogP contribution is 2.48. The van der Waals surface area contributed by atoms with Crippen molar-refractivity contribution in [2.45, 2.75) is 0 Å². The van der Waals surface area contributed by atoms with Crippen LogP contribution in [0.4, 0.5) is 0 Å². The van der Waals surface area contributed by atoms with E-state index in [2.05, 4.69) is 132 Å². The molecule has 43 heavy (non-hydrogen) atoms. The molecule has 4 heterocycles. The van der Waals surface area contributed by atoms with Gasteiger partial charge in [0.2, 0.25) is 5.95 Å². The molecule has 0 saturated carbocycles. The molecule has 0 aliphatic heterocycles. The zero-order valence-corrected chi connectivity index (χ0v) is 24.4. The van der Waals surface area contributed by atoms with E-state index in [0.717, 1.165) is 22.2 Å². The minimum Gasteiger partial charge on any atom is -0.275 e. The van der Waals surface area contributed by atoms with Crippen LogP contribution in [-0.2, 0) is 0 Å². The molecule has 3 nitrogen and oxygen atoms in total. The summed E-state index contributed by atoms with van der Waals surface area (Å²) >= 11 is 3.73. The maximum atomic E-state index is 5.50. The van der Waals surface area contributed by atoms with E-state index < -0.39 is 0 Å². The Morgan fingerprint density at radius 1 is 0.488 bits per heavy atom. The van der Waals surface area contributed by atoms with Gasteiger partial charge in [-0.15, -0.1) is 22.7 Å². The molecular formula is C38H21N3S2. The molecular weight excluding hydrogens is 563 g/mol. The van der Waals surface area contributed by atoms with Crippen LogP contribution in [-0.4, -0.2) is 14.5 Å². The van der Waals surface area contributed by atoms with Gasteiger partial charge < -0.3 is 0 Å². The minimum absolute atomic E-state index is 0.707. The third kappa shape index (κ3) is 3.29. The number of hydrogen-bond acceptors (Lipinski definition) is 4. The van der Waals surface area contributed by atoms with Crippen LogP contribution in [0.3, 0.4) is 0 Å². The standard InChI is InChI=1S/C38H21N3S2/c1-2-11-24-21-25(18-17-22(24)9-1)33-32-26-12-4-3-10-23(26)19-20-29(32)39-38(40-33)41-34-27-13-5-7-15-30(27)42-36(34)37-35(41)28-14-6-8-16-31(28)43-37/h1-21H. The van der Waals surface area contributed by atoms with E-state index in [9.17, 15) is 0 Å². The van der Waals surface area contributed by atoms with E-state index in [1.807, 2.05) is 22.7 Å². The number of fused-ring (bicyclic) bond motifs is 11. The van der Waals surface area contributed by atoms with Crippen LogP contribution >= 0.6 is 22.7 Å². The van der Waals surface area contributed by atoms with E-state index in [4.69, 9.17) is 9.97 Å². The number of nitrogens with zero attached hydrogens (tertiary/aromatic N) is 3. The van der Waals surface area contributed by atoms with E-state index in [0.29, 0.717) is 5.95 Å². The van der Waals surface area contributed by atoms with Crippen LogP contribution in [0.15, 0.2) is 127 Å². The summed E-state index contributed by atoms with van der Waals surface area (Å²) in [4.78, 5) is 10.9. The predicted octanol–water partition coefficient (Wildman–Crippen LogP) is 11.1. The summed E-state index contributed by atoms with van der Waals surface area (Å²) in [5.74, 6) is 0.707. The van der Waals surface area contributed by atoms with E-state index in [-0.39, 0.29) is 0 Å². The van der Waals surface area contributed by atoms with Crippen LogP contribution in [0.25, 0.3) is 90.3 Å². The summed E-state index contributed by atoms with van der Waals surface area (Å²) in [5, 5.41) is 8.34. The number of thiophene rings is 2. The first-order valence-corrected chi connectivity index (χ1v) is 16.0. The van der Waals surface area contributed by atoms with Crippen LogP contribution in [0.2, 0.25) is 0 Å². The van der Waals surface area contributed by atoms with Crippen molar-refractivity contribution in [3.05, 3.63) is 127 Å². The van der Waals surface area contributed by atoms with E-state index >= 15 is 0 Å². The summed E-state index contributed by atoms with van der Waals surface area (Å²) in [7, 11) is 0. The fourth-order valence-electron chi connectivity index (χ4n) is 6.66. The minimum atomic E-state index is 0.707. The molecule has 10 rings (SSSR count). The van der Waals surface area contributed by atoms with Crippen molar-refractivity contribution >= 4 is 95.7 Å². The van der Waals surface area contributed by atoms with Gasteiger partial charge in [-0.3, -0.25) is 4.57 Å². The Labute approximate surface area is 253 Å². The monoisotopic (exact) mass is 583 g/mol. The van der Waals surface area contributed by atoms with Gasteiger partial charge in [-0.05, 0) is 45.8 Å². The highest BCUT2D eigenvalue weighted by Gasteiger charge is 2.24. The Morgan fingerprint density at radius 3 is 1.79 bits per heavy atom. The number of benzene rings is 6. The molecule has 0 spiro atoms. The van der Waals surface area contributed by atoms with Gasteiger partial charge in [0, 0.05) is 31.1 Å². The largest absolute Gasteiger partial charge is 0.275 e. The normalized spacial score (nSPS) is 12.2. The van der Waals surface area contributed by atoms with Crippen LogP contribution < -0.4 is 0 Å². The lowest BCUT2D eigenvalue weighted by Crippen LogP contribution is -2.03. The van der Waals surface area contributed by atoms with Gasteiger partial charge in [0.15, 0.2) is 0 Å². The molecule has 5 heteroatoms. The van der Waals surface area contributed by atoms with Crippen LogP contribution in [0.1, 0.15) is 0 Å². The Bertz CT molecular complexity index is 2660. The zero-order chi connectivity index (χ0) is 28.1. The highest BCUT2D eigenvalue weighted by atomic mass is 32.1. The zero-order valence-electron chi connectivity index (χ0n) is 22.8. The average Bonchev–Trinajstić information content (AvgIpc) is 3.72. The van der Waals surface area contributed by atoms with Gasteiger partial charge in [-0.25, -0.2) is 9.97 Å². The number of hydrogen-bond donors (Lipinski definition) is 0. The maximum Gasteiger partial charge on any atom is 0.235 e. The molecule has 0 unspecified atom stereocenters. The lowest BCUT2D eigenvalue weighted by molar-refractivity contribution is 1.02. The van der Waals surface area contributed by atoms with Crippen molar-refractivity contribution in [1.82, 2.24) is 14.5 Å². The first-order valence-electron chi connectivity index (χ1n) is 14.3. The molecule has 200 valence electrons. The maximum absolute atomic E-state index is 5.50. The van der Waals surface area contributed by atoms with Gasteiger partial charge in [-0.1, -0.05) is 103 Å². The summed E-state index contributed by atoms with van der Waals surface area (Å²) < 4.78 is 7.49. The summed E-state index contributed by atoms with van der Waals surface area (Å²) in [6, 6.07) is 45.5. The van der Waals surface area contributed by atoms with Gasteiger partial charge >= 0.3 is 0 Å². The molecule has 0 atom stereocenters. The van der Waals surface area contributed by atoms with Gasteiger partial charge in [0.05, 0.1) is 31.6 Å². The van der Waals surface area contributed by atoms with Crippen molar-refractivity contribution in [3.8, 4) is 17.2 Å². The third-order valence-electron chi connectivity index (χ3n) is 8.59. The molecule has 6 aromatic carbocycles. The number of rotatable bonds is 2. The van der Waals surface area contributed by atoms with Crippen LogP contribution in [0.5, 0.6) is 0 Å². The Morgan fingerprint density at radius 2 is 1.07 bits per heavy atom. The van der Waals surface area contributed by atoms with Crippen molar-refractivity contribution < 1.29 is 0 Å². The van der Waals surface area contributed by atoms with E-state index in [1.54, 1.807) is 0 Å². The molecule has 0 aliphatic rings. The topological polar surface area (TPSA) is 30.7 Å². The highest BCUT2D eigenvalue weighted by molar-refractivity contribution is 7.33.